The van der Waals surface area contributed by atoms with Crippen LogP contribution in [0.4, 0.5) is 4.39 Å². The van der Waals surface area contributed by atoms with Crippen LogP contribution in [-0.2, 0) is 19.9 Å². The summed E-state index contributed by atoms with van der Waals surface area (Å²) >= 11 is 5.09. The van der Waals surface area contributed by atoms with Gasteiger partial charge in [0.2, 0.25) is 0 Å². The molecular weight excluding hydrogens is 414 g/mol. The molecule has 2 rings (SSSR count). The number of carbonyl (C=O) groups is 1. The second kappa shape index (κ2) is 7.98. The van der Waals surface area contributed by atoms with Gasteiger partial charge in [0.15, 0.2) is 28.3 Å². The Morgan fingerprint density at radius 3 is 2.60 bits per heavy atom. The van der Waals surface area contributed by atoms with Crippen LogP contribution in [0.15, 0.2) is 11.0 Å². The maximum absolute atomic E-state index is 16.0. The number of aromatic amines is 1. The van der Waals surface area contributed by atoms with Crippen LogP contribution in [0, 0.1) is 23.0 Å². The van der Waals surface area contributed by atoms with Crippen LogP contribution in [0.2, 0.25) is 0 Å². The summed E-state index contributed by atoms with van der Waals surface area (Å²) < 4.78 is 27.6. The minimum atomic E-state index is -3.06. The number of H-pyrrole nitrogens is 1. The molecule has 5 atom stereocenters. The van der Waals surface area contributed by atoms with Crippen molar-refractivity contribution in [1.82, 2.24) is 9.55 Å². The van der Waals surface area contributed by atoms with Crippen molar-refractivity contribution in [2.24, 2.45) is 11.7 Å². The topological polar surface area (TPSA) is 140 Å². The van der Waals surface area contributed by atoms with E-state index in [4.69, 9.17) is 33.8 Å². The van der Waals surface area contributed by atoms with Crippen molar-refractivity contribution in [2.75, 3.05) is 0 Å². The van der Waals surface area contributed by atoms with Crippen LogP contribution in [0.3, 0.4) is 0 Å². The highest BCUT2D eigenvalue weighted by Gasteiger charge is 2.68. The Morgan fingerprint density at radius 1 is 1.53 bits per heavy atom. The van der Waals surface area contributed by atoms with Crippen molar-refractivity contribution in [3.8, 4) is 12.3 Å². The summed E-state index contributed by atoms with van der Waals surface area (Å²) in [4.78, 5) is 26.4. The van der Waals surface area contributed by atoms with Crippen molar-refractivity contribution < 1.29 is 28.9 Å². The van der Waals surface area contributed by atoms with E-state index < -0.39 is 46.7 Å². The summed E-state index contributed by atoms with van der Waals surface area (Å²) in [6.45, 7) is 3.37. The molecule has 0 saturated carbocycles. The molecule has 1 aromatic heterocycles. The predicted octanol–water partition coefficient (Wildman–Crippen LogP) is -4.01. The van der Waals surface area contributed by atoms with E-state index in [-0.39, 0.29) is 16.3 Å². The van der Waals surface area contributed by atoms with Crippen LogP contribution in [0.25, 0.3) is 0 Å². The molecule has 0 spiro atoms. The molecule has 1 aliphatic heterocycles. The fourth-order valence-electron chi connectivity index (χ4n) is 3.15. The third kappa shape index (κ3) is 3.76. The van der Waals surface area contributed by atoms with Crippen LogP contribution in [0.1, 0.15) is 19.4 Å². The molecule has 2 heterocycles. The third-order valence-corrected chi connectivity index (χ3v) is 5.63. The first kappa shape index (κ1) is 24.4. The van der Waals surface area contributed by atoms with Gasteiger partial charge in [-0.3, -0.25) is 14.6 Å². The Hall–Kier alpha value is -1.91. The highest BCUT2D eigenvalue weighted by molar-refractivity contribution is 7.71. The molecule has 0 radical (unpaired) electrons. The first-order valence-electron chi connectivity index (χ1n) is 9.19. The lowest BCUT2D eigenvalue weighted by atomic mass is 9.59. The molecule has 160 valence electrons. The fraction of sp³-hybridized carbons (Fsp3) is 0.562. The smallest absolute Gasteiger partial charge is 0.322 e. The van der Waals surface area contributed by atoms with E-state index >= 15 is 4.39 Å². The SMILES string of the molecule is BC(B)(OC(=O)[C@@H](N)C(C)C)[C@@]1(F)O[C@@](B)(n2cc(C#C)c(=O)[nH]c2=S)[C@H](O)[C@@H]1O. The molecule has 1 aromatic rings. The predicted molar refractivity (Wildman–Crippen MR) is 116 cm³/mol. The lowest BCUT2D eigenvalue weighted by Gasteiger charge is -2.40. The fourth-order valence-corrected chi connectivity index (χ4v) is 3.48. The number of aliphatic hydroxyl groups excluding tert-OH is 2. The van der Waals surface area contributed by atoms with E-state index in [1.807, 2.05) is 0 Å². The van der Waals surface area contributed by atoms with Crippen LogP contribution < -0.4 is 11.3 Å². The highest BCUT2D eigenvalue weighted by atomic mass is 32.1. The van der Waals surface area contributed by atoms with Crippen molar-refractivity contribution in [3.05, 3.63) is 26.9 Å². The number of esters is 1. The Balaban J connectivity index is 2.52. The number of hydrogen-bond donors (Lipinski definition) is 4. The average Bonchev–Trinajstić information content (AvgIpc) is 2.82. The first-order valence-corrected chi connectivity index (χ1v) is 9.60. The summed E-state index contributed by atoms with van der Waals surface area (Å²) in [6.07, 6.45) is 2.38. The van der Waals surface area contributed by atoms with Gasteiger partial charge < -0.3 is 30.0 Å². The van der Waals surface area contributed by atoms with E-state index in [1.54, 1.807) is 13.8 Å². The third-order valence-electron chi connectivity index (χ3n) is 5.33. The van der Waals surface area contributed by atoms with Gasteiger partial charge in [-0.2, -0.15) is 0 Å². The summed E-state index contributed by atoms with van der Waals surface area (Å²) in [7, 11) is 3.60. The monoisotopic (exact) mass is 437 g/mol. The number of aromatic nitrogens is 2. The van der Waals surface area contributed by atoms with Crippen molar-refractivity contribution in [2.45, 2.75) is 49.0 Å². The second-order valence-corrected chi connectivity index (χ2v) is 8.60. The Kier molecular flexibility index (Phi) is 6.48. The number of hydrogen-bond acceptors (Lipinski definition) is 8. The van der Waals surface area contributed by atoms with Crippen LogP contribution >= 0.6 is 12.2 Å². The number of nitrogens with two attached hydrogens (primary N) is 1. The minimum Gasteiger partial charge on any atom is -0.471 e. The summed E-state index contributed by atoms with van der Waals surface area (Å²) in [5.74, 6) is -2.10. The molecule has 30 heavy (non-hydrogen) atoms. The lowest BCUT2D eigenvalue weighted by Crippen LogP contribution is -2.62. The van der Waals surface area contributed by atoms with Crippen LogP contribution in [-0.4, -0.2) is 78.8 Å². The van der Waals surface area contributed by atoms with Crippen LogP contribution in [0.5, 0.6) is 0 Å². The number of rotatable bonds is 5. The Bertz CT molecular complexity index is 1010. The van der Waals surface area contributed by atoms with Gasteiger partial charge in [0, 0.05) is 6.20 Å². The number of alkyl halides is 1. The molecule has 0 unspecified atom stereocenters. The molecule has 9 nitrogen and oxygen atoms in total. The molecule has 14 heteroatoms. The first-order chi connectivity index (χ1) is 13.6. The molecule has 0 aromatic carbocycles. The van der Waals surface area contributed by atoms with Gasteiger partial charge in [0.1, 0.15) is 34.8 Å². The van der Waals surface area contributed by atoms with E-state index in [0.717, 1.165) is 10.8 Å². The molecule has 0 amide bonds. The molecule has 1 fully saturated rings. The maximum Gasteiger partial charge on any atom is 0.322 e. The standard InChI is InChI=1S/C16H23B3FN3O6S/c1-4-7-5-23(13(30)22-11(7)26)15(17)10(25)9(24)14(20,29-15)16(18,19)28-12(27)8(21)6(2)3/h1,5-6,8-10,24-25H,17-19,21H2,2-3H3,(H,22,26,30)/t8-,9-,10+,14-,15-/m0/s1. The van der Waals surface area contributed by atoms with Crippen molar-refractivity contribution in [1.29, 1.82) is 0 Å². The van der Waals surface area contributed by atoms with Crippen molar-refractivity contribution in [3.63, 3.8) is 0 Å². The normalized spacial score (nSPS) is 30.1. The number of ether oxygens (including phenoxy) is 2. The van der Waals surface area contributed by atoms with Gasteiger partial charge in [-0.25, -0.2) is 4.39 Å². The number of terminal acetylenes is 1. The molecule has 5 N–H and O–H groups in total. The number of nitrogens with one attached hydrogen (secondary N) is 1. The zero-order valence-electron chi connectivity index (χ0n) is 17.3. The average molecular weight is 437 g/mol. The number of nitrogens with zero attached hydrogens (tertiary/aromatic N) is 1. The van der Waals surface area contributed by atoms with E-state index in [9.17, 15) is 19.8 Å². The van der Waals surface area contributed by atoms with Crippen molar-refractivity contribution >= 4 is 41.7 Å². The number of aliphatic hydroxyl groups is 2. The molecular formula is C16H23B3FN3O6S. The van der Waals surface area contributed by atoms with E-state index in [2.05, 4.69) is 10.9 Å². The summed E-state index contributed by atoms with van der Waals surface area (Å²) in [5.41, 5.74) is 2.96. The minimum absolute atomic E-state index is 0.153. The van der Waals surface area contributed by atoms with Gasteiger partial charge in [0.05, 0.1) is 0 Å². The van der Waals surface area contributed by atoms with Gasteiger partial charge in [-0.1, -0.05) is 19.8 Å². The largest absolute Gasteiger partial charge is 0.471 e. The zero-order chi connectivity index (χ0) is 23.2. The lowest BCUT2D eigenvalue weighted by molar-refractivity contribution is -0.250. The summed E-state index contributed by atoms with van der Waals surface area (Å²) in [5, 5.41) is 19.2. The molecule has 1 saturated heterocycles. The zero-order valence-corrected chi connectivity index (χ0v) is 18.1. The highest BCUT2D eigenvalue weighted by Crippen LogP contribution is 2.46. The molecule has 0 bridgehead atoms. The maximum atomic E-state index is 16.0. The van der Waals surface area contributed by atoms with E-state index in [0.29, 0.717) is 0 Å². The summed E-state index contributed by atoms with van der Waals surface area (Å²) in [6, 6.07) is -1.03. The molecule has 1 aliphatic rings. The molecule has 0 aliphatic carbocycles. The quantitative estimate of drug-likeness (QED) is 0.158. The van der Waals surface area contributed by atoms with E-state index in [1.165, 1.54) is 23.5 Å². The van der Waals surface area contributed by atoms with Gasteiger partial charge >= 0.3 is 5.97 Å². The Labute approximate surface area is 180 Å². The Morgan fingerprint density at radius 2 is 2.10 bits per heavy atom. The number of halogens is 1. The number of carbonyl (C=O) groups excluding carboxylic acids is 1. The van der Waals surface area contributed by atoms with Gasteiger partial charge in [-0.05, 0) is 18.1 Å². The van der Waals surface area contributed by atoms with Gasteiger partial charge in [0.25, 0.3) is 11.4 Å². The van der Waals surface area contributed by atoms with Gasteiger partial charge in [-0.15, -0.1) is 6.42 Å². The second-order valence-electron chi connectivity index (χ2n) is 8.21.